The molecular formula is C26H30F3IN2O2. The zero-order valence-corrected chi connectivity index (χ0v) is 21.6. The molecule has 8 heteroatoms. The molecule has 1 fully saturated rings. The summed E-state index contributed by atoms with van der Waals surface area (Å²) >= 11 is 0. The van der Waals surface area contributed by atoms with E-state index in [0.717, 1.165) is 17.1 Å². The number of hydrogen-bond donors (Lipinski definition) is 1. The van der Waals surface area contributed by atoms with Crippen molar-refractivity contribution in [3.63, 3.8) is 0 Å². The SMILES string of the molecule is C[N+](C)(Cc1ccc(NC(=O)C2=Cc3cccc(C(F)(F)F)c3OC2)cc1)C1CCCCC1.[I-]. The Morgan fingerprint density at radius 1 is 1.06 bits per heavy atom. The average molecular weight is 586 g/mol. The zero-order valence-electron chi connectivity index (χ0n) is 19.4. The number of nitrogens with zero attached hydrogens (tertiary/aromatic N) is 1. The molecule has 2 aromatic rings. The van der Waals surface area contributed by atoms with Crippen LogP contribution in [0.15, 0.2) is 48.0 Å². The van der Waals surface area contributed by atoms with Gasteiger partial charge in [-0.05, 0) is 50.0 Å². The molecule has 2 aromatic carbocycles. The fraction of sp³-hybridized carbons (Fsp3) is 0.423. The van der Waals surface area contributed by atoms with Gasteiger partial charge in [-0.25, -0.2) is 0 Å². The molecule has 1 N–H and O–H groups in total. The van der Waals surface area contributed by atoms with E-state index in [1.54, 1.807) is 0 Å². The highest BCUT2D eigenvalue weighted by molar-refractivity contribution is 6.07. The lowest BCUT2D eigenvalue weighted by Gasteiger charge is -2.40. The Balaban J connectivity index is 0.00000324. The van der Waals surface area contributed by atoms with Crippen molar-refractivity contribution in [1.82, 2.24) is 0 Å². The number of quaternary nitrogens is 1. The number of anilines is 1. The summed E-state index contributed by atoms with van der Waals surface area (Å²) < 4.78 is 45.8. The molecule has 2 aliphatic rings. The Hall–Kier alpha value is -2.07. The zero-order chi connectivity index (χ0) is 23.6. The molecule has 184 valence electrons. The molecule has 0 bridgehead atoms. The van der Waals surface area contributed by atoms with E-state index >= 15 is 0 Å². The molecule has 0 atom stereocenters. The third-order valence-electron chi connectivity index (χ3n) is 6.71. The summed E-state index contributed by atoms with van der Waals surface area (Å²) in [6.45, 7) is 0.716. The molecule has 0 spiro atoms. The van der Waals surface area contributed by atoms with Gasteiger partial charge in [-0.3, -0.25) is 4.79 Å². The normalized spacial score (nSPS) is 16.6. The van der Waals surface area contributed by atoms with Crippen LogP contribution in [0, 0.1) is 0 Å². The molecule has 0 radical (unpaired) electrons. The number of amides is 1. The first-order valence-electron chi connectivity index (χ1n) is 11.4. The van der Waals surface area contributed by atoms with Crippen LogP contribution in [0.4, 0.5) is 18.9 Å². The molecular weight excluding hydrogens is 556 g/mol. The van der Waals surface area contributed by atoms with E-state index in [-0.39, 0.29) is 53.4 Å². The van der Waals surface area contributed by atoms with Gasteiger partial charge in [0, 0.05) is 16.8 Å². The Labute approximate surface area is 215 Å². The lowest BCUT2D eigenvalue weighted by molar-refractivity contribution is -0.929. The van der Waals surface area contributed by atoms with Crippen molar-refractivity contribution < 1.29 is 51.2 Å². The van der Waals surface area contributed by atoms with Crippen molar-refractivity contribution >= 4 is 17.7 Å². The number of rotatable bonds is 5. The predicted molar refractivity (Wildman–Crippen MR) is 123 cm³/mol. The van der Waals surface area contributed by atoms with Crippen LogP contribution in [-0.2, 0) is 17.5 Å². The first-order chi connectivity index (χ1) is 15.6. The smallest absolute Gasteiger partial charge is 0.419 e. The van der Waals surface area contributed by atoms with Gasteiger partial charge in [0.15, 0.2) is 0 Å². The summed E-state index contributed by atoms with van der Waals surface area (Å²) in [5.74, 6) is -0.617. The molecule has 1 amide bonds. The Morgan fingerprint density at radius 2 is 1.74 bits per heavy atom. The van der Waals surface area contributed by atoms with Gasteiger partial charge in [0.2, 0.25) is 0 Å². The minimum atomic E-state index is -4.51. The number of para-hydroxylation sites is 1. The first-order valence-corrected chi connectivity index (χ1v) is 11.4. The number of hydrogen-bond acceptors (Lipinski definition) is 2. The number of nitrogens with one attached hydrogen (secondary N) is 1. The maximum Gasteiger partial charge on any atom is 0.419 e. The van der Waals surface area contributed by atoms with Crippen molar-refractivity contribution in [3.8, 4) is 5.75 Å². The van der Waals surface area contributed by atoms with E-state index in [2.05, 4.69) is 19.4 Å². The van der Waals surface area contributed by atoms with Crippen LogP contribution >= 0.6 is 0 Å². The second kappa shape index (κ2) is 10.7. The number of benzene rings is 2. The second-order valence-electron chi connectivity index (χ2n) is 9.56. The minimum absolute atomic E-state index is 0. The maximum absolute atomic E-state index is 13.2. The summed E-state index contributed by atoms with van der Waals surface area (Å²) in [5, 5.41) is 2.83. The van der Waals surface area contributed by atoms with E-state index in [4.69, 9.17) is 4.74 Å². The molecule has 1 saturated carbocycles. The highest BCUT2D eigenvalue weighted by Gasteiger charge is 2.36. The summed E-state index contributed by atoms with van der Waals surface area (Å²) in [7, 11) is 4.56. The predicted octanol–water partition coefficient (Wildman–Crippen LogP) is 3.03. The van der Waals surface area contributed by atoms with Gasteiger partial charge in [0.1, 0.15) is 18.9 Å². The quantitative estimate of drug-likeness (QED) is 0.433. The maximum atomic E-state index is 13.2. The fourth-order valence-electron chi connectivity index (χ4n) is 4.85. The van der Waals surface area contributed by atoms with Gasteiger partial charge in [0.25, 0.3) is 5.91 Å². The lowest BCUT2D eigenvalue weighted by atomic mass is 9.92. The molecule has 0 saturated heterocycles. The van der Waals surface area contributed by atoms with Crippen LogP contribution in [0.25, 0.3) is 6.08 Å². The van der Waals surface area contributed by atoms with Crippen molar-refractivity contribution in [2.24, 2.45) is 0 Å². The number of halogens is 4. The third kappa shape index (κ3) is 6.13. The van der Waals surface area contributed by atoms with Crippen molar-refractivity contribution in [2.45, 2.75) is 50.9 Å². The van der Waals surface area contributed by atoms with Crippen LogP contribution in [0.2, 0.25) is 0 Å². The summed E-state index contributed by atoms with van der Waals surface area (Å²) in [6, 6.07) is 12.3. The van der Waals surface area contributed by atoms with Crippen LogP contribution in [0.1, 0.15) is 48.8 Å². The number of carbonyl (C=O) groups excluding carboxylic acids is 1. The standard InChI is InChI=1S/C26H29F3N2O2.HI/c1-31(2,22-8-4-3-5-9-22)16-18-11-13-21(14-12-18)30-25(32)20-15-19-7-6-10-23(26(27,28)29)24(19)33-17-20;/h6-7,10-15,22H,3-5,8-9,16-17H2,1-2H3;1H. The van der Waals surface area contributed by atoms with Gasteiger partial charge < -0.3 is 38.5 Å². The number of ether oxygens (including phenoxy) is 1. The minimum Gasteiger partial charge on any atom is -1.00 e. The molecule has 1 heterocycles. The van der Waals surface area contributed by atoms with E-state index in [1.165, 1.54) is 55.9 Å². The average Bonchev–Trinajstić information content (AvgIpc) is 2.79. The van der Waals surface area contributed by atoms with Crippen molar-refractivity contribution in [1.29, 1.82) is 0 Å². The van der Waals surface area contributed by atoms with Crippen molar-refractivity contribution in [3.05, 3.63) is 64.7 Å². The van der Waals surface area contributed by atoms with Gasteiger partial charge in [-0.1, -0.05) is 30.7 Å². The van der Waals surface area contributed by atoms with E-state index in [1.807, 2.05) is 24.3 Å². The van der Waals surface area contributed by atoms with E-state index in [9.17, 15) is 18.0 Å². The molecule has 0 aromatic heterocycles. The Bertz CT molecular complexity index is 1040. The largest absolute Gasteiger partial charge is 1.00 e. The van der Waals surface area contributed by atoms with Crippen LogP contribution in [0.3, 0.4) is 0 Å². The highest BCUT2D eigenvalue weighted by Crippen LogP contribution is 2.40. The third-order valence-corrected chi connectivity index (χ3v) is 6.71. The monoisotopic (exact) mass is 586 g/mol. The van der Waals surface area contributed by atoms with Gasteiger partial charge in [0.05, 0.1) is 31.3 Å². The molecule has 1 aliphatic heterocycles. The Morgan fingerprint density at radius 3 is 2.38 bits per heavy atom. The second-order valence-corrected chi connectivity index (χ2v) is 9.56. The summed E-state index contributed by atoms with van der Waals surface area (Å²) in [6.07, 6.45) is 3.43. The Kier molecular flexibility index (Phi) is 8.34. The van der Waals surface area contributed by atoms with E-state index < -0.39 is 11.7 Å². The number of carbonyl (C=O) groups is 1. The molecule has 0 unspecified atom stereocenters. The fourth-order valence-corrected chi connectivity index (χ4v) is 4.85. The first kappa shape index (κ1) is 26.5. The van der Waals surface area contributed by atoms with Crippen LogP contribution < -0.4 is 34.0 Å². The van der Waals surface area contributed by atoms with Gasteiger partial charge in [-0.15, -0.1) is 0 Å². The van der Waals surface area contributed by atoms with Gasteiger partial charge in [-0.2, -0.15) is 13.2 Å². The van der Waals surface area contributed by atoms with Crippen LogP contribution in [0.5, 0.6) is 5.75 Å². The number of alkyl halides is 3. The molecule has 4 nitrogen and oxygen atoms in total. The molecule has 4 rings (SSSR count). The summed E-state index contributed by atoms with van der Waals surface area (Å²) in [5.41, 5.74) is 1.54. The lowest BCUT2D eigenvalue weighted by Crippen LogP contribution is -3.00. The number of fused-ring (bicyclic) bond motifs is 1. The summed E-state index contributed by atoms with van der Waals surface area (Å²) in [4.78, 5) is 12.7. The van der Waals surface area contributed by atoms with Crippen molar-refractivity contribution in [2.75, 3.05) is 26.0 Å². The van der Waals surface area contributed by atoms with Crippen LogP contribution in [-0.4, -0.2) is 37.1 Å². The topological polar surface area (TPSA) is 38.3 Å². The van der Waals surface area contributed by atoms with Gasteiger partial charge >= 0.3 is 6.18 Å². The molecule has 1 aliphatic carbocycles. The molecule has 34 heavy (non-hydrogen) atoms. The van der Waals surface area contributed by atoms with E-state index in [0.29, 0.717) is 11.7 Å². The highest BCUT2D eigenvalue weighted by atomic mass is 127.